The fourth-order valence-electron chi connectivity index (χ4n) is 2.73. The molecule has 2 N–H and O–H groups in total. The van der Waals surface area contributed by atoms with E-state index in [4.69, 9.17) is 37.4 Å². The third-order valence-corrected chi connectivity index (χ3v) is 4.93. The first-order valence-corrected chi connectivity index (χ1v) is 9.92. The topological polar surface area (TPSA) is 57.2 Å². The summed E-state index contributed by atoms with van der Waals surface area (Å²) in [7, 11) is 2.00. The van der Waals surface area contributed by atoms with Crippen LogP contribution in [0.1, 0.15) is 12.6 Å². The van der Waals surface area contributed by atoms with E-state index in [1.54, 1.807) is 6.07 Å². The van der Waals surface area contributed by atoms with Crippen molar-refractivity contribution in [3.8, 4) is 17.4 Å². The van der Waals surface area contributed by atoms with Crippen LogP contribution in [0.15, 0.2) is 42.5 Å². The maximum atomic E-state index is 6.31. The van der Waals surface area contributed by atoms with Crippen molar-refractivity contribution in [3.63, 3.8) is 0 Å². The number of aromatic nitrogens is 1. The third kappa shape index (κ3) is 4.79. The van der Waals surface area contributed by atoms with Gasteiger partial charge < -0.3 is 19.5 Å². The molecule has 0 fully saturated rings. The second-order valence-electron chi connectivity index (χ2n) is 6.09. The summed E-state index contributed by atoms with van der Waals surface area (Å²) in [5, 5.41) is 4.85. The Bertz CT molecular complexity index is 950. The van der Waals surface area contributed by atoms with Gasteiger partial charge in [-0.3, -0.25) is 0 Å². The Labute approximate surface area is 174 Å². The Kier molecular flexibility index (Phi) is 7.20. The Hall–Kier alpha value is -2.21. The van der Waals surface area contributed by atoms with Crippen LogP contribution in [0.2, 0.25) is 10.0 Å². The Morgan fingerprint density at radius 1 is 0.929 bits per heavy atom. The molecular weight excluding hydrogens is 399 g/mol. The van der Waals surface area contributed by atoms with Crippen molar-refractivity contribution in [2.45, 2.75) is 13.5 Å². The van der Waals surface area contributed by atoms with Crippen molar-refractivity contribution >= 4 is 34.0 Å². The molecule has 3 aromatic rings. The average Bonchev–Trinajstić information content (AvgIpc) is 2.71. The van der Waals surface area contributed by atoms with Crippen molar-refractivity contribution in [1.82, 2.24) is 4.98 Å². The predicted molar refractivity (Wildman–Crippen MR) is 112 cm³/mol. The number of halogens is 2. The van der Waals surface area contributed by atoms with Crippen molar-refractivity contribution < 1.29 is 19.5 Å². The fourth-order valence-corrected chi connectivity index (χ4v) is 3.12. The lowest BCUT2D eigenvalue weighted by Gasteiger charge is -2.13. The van der Waals surface area contributed by atoms with E-state index in [2.05, 4.69) is 10.3 Å². The quantitative estimate of drug-likeness (QED) is 0.528. The first kappa shape index (κ1) is 20.5. The summed E-state index contributed by atoms with van der Waals surface area (Å²) in [6.07, 6.45) is 0. The molecular formula is C21H23Cl2N2O3+. The van der Waals surface area contributed by atoms with E-state index >= 15 is 0 Å². The first-order valence-electron chi connectivity index (χ1n) is 9.17. The molecule has 0 saturated carbocycles. The van der Waals surface area contributed by atoms with Crippen molar-refractivity contribution in [2.75, 3.05) is 26.8 Å². The summed E-state index contributed by atoms with van der Waals surface area (Å²) in [6.45, 7) is 4.18. The van der Waals surface area contributed by atoms with Crippen molar-refractivity contribution in [2.24, 2.45) is 0 Å². The summed E-state index contributed by atoms with van der Waals surface area (Å²) in [5.41, 5.74) is 0.745. The van der Waals surface area contributed by atoms with E-state index in [0.29, 0.717) is 41.5 Å². The standard InChI is InChI=1S/C21H22Cl2N2O3/c1-3-26-21-19(27-12-11-24-2)10-7-14(25-21)13-28-18-6-4-5-16-15(18)8-9-17(22)20(16)23/h4-10,24H,3,11-13H2,1-2H3/p+1. The molecule has 0 saturated heterocycles. The number of hydrogen-bond donors (Lipinski definition) is 1. The molecule has 148 valence electrons. The molecule has 0 aliphatic rings. The number of hydrogen-bond acceptors (Lipinski definition) is 4. The Morgan fingerprint density at radius 2 is 1.79 bits per heavy atom. The number of benzene rings is 2. The van der Waals surface area contributed by atoms with E-state index in [1.165, 1.54) is 0 Å². The number of rotatable bonds is 9. The highest BCUT2D eigenvalue weighted by Gasteiger charge is 2.11. The number of quaternary nitrogens is 1. The van der Waals surface area contributed by atoms with Crippen LogP contribution < -0.4 is 19.5 Å². The van der Waals surface area contributed by atoms with Crippen LogP contribution in [-0.2, 0) is 6.61 Å². The maximum absolute atomic E-state index is 6.31. The van der Waals surface area contributed by atoms with E-state index in [1.807, 2.05) is 50.4 Å². The molecule has 5 nitrogen and oxygen atoms in total. The molecule has 1 aromatic heterocycles. The van der Waals surface area contributed by atoms with Gasteiger partial charge in [-0.25, -0.2) is 4.98 Å². The minimum atomic E-state index is 0.294. The molecule has 7 heteroatoms. The average molecular weight is 422 g/mol. The lowest BCUT2D eigenvalue weighted by Crippen LogP contribution is -2.80. The van der Waals surface area contributed by atoms with E-state index in [0.717, 1.165) is 28.8 Å². The van der Waals surface area contributed by atoms with Crippen LogP contribution in [0.4, 0.5) is 0 Å². The van der Waals surface area contributed by atoms with Gasteiger partial charge in [-0.2, -0.15) is 0 Å². The fraction of sp³-hybridized carbons (Fsp3) is 0.286. The van der Waals surface area contributed by atoms with Gasteiger partial charge in [-0.05, 0) is 37.3 Å². The summed E-state index contributed by atoms with van der Waals surface area (Å²) in [4.78, 5) is 4.54. The van der Waals surface area contributed by atoms with Gasteiger partial charge >= 0.3 is 0 Å². The minimum Gasteiger partial charge on any atom is -0.487 e. The zero-order valence-corrected chi connectivity index (χ0v) is 17.4. The molecule has 1 heterocycles. The molecule has 0 unspecified atom stereocenters. The predicted octanol–water partition coefficient (Wildman–Crippen LogP) is 4.09. The van der Waals surface area contributed by atoms with Gasteiger partial charge in [0.2, 0.25) is 0 Å². The highest BCUT2D eigenvalue weighted by Crippen LogP contribution is 2.35. The van der Waals surface area contributed by atoms with Gasteiger partial charge in [-0.15, -0.1) is 0 Å². The minimum absolute atomic E-state index is 0.294. The molecule has 0 aliphatic heterocycles. The monoisotopic (exact) mass is 421 g/mol. The Balaban J connectivity index is 1.78. The summed E-state index contributed by atoms with van der Waals surface area (Å²) < 4.78 is 17.4. The SMILES string of the molecule is CCOc1nc(COc2cccc3c(Cl)c(Cl)ccc23)ccc1OCC[NH2+]C. The highest BCUT2D eigenvalue weighted by molar-refractivity contribution is 6.45. The number of ether oxygens (including phenoxy) is 3. The zero-order chi connectivity index (χ0) is 19.9. The van der Waals surface area contributed by atoms with Gasteiger partial charge in [0.05, 0.1) is 29.4 Å². The third-order valence-electron chi connectivity index (χ3n) is 4.11. The number of nitrogens with two attached hydrogens (primary N) is 1. The van der Waals surface area contributed by atoms with Crippen LogP contribution in [0.3, 0.4) is 0 Å². The smallest absolute Gasteiger partial charge is 0.257 e. The highest BCUT2D eigenvalue weighted by atomic mass is 35.5. The van der Waals surface area contributed by atoms with Crippen LogP contribution in [-0.4, -0.2) is 31.8 Å². The number of pyridine rings is 1. The first-order chi connectivity index (χ1) is 13.6. The molecule has 0 atom stereocenters. The Morgan fingerprint density at radius 3 is 2.57 bits per heavy atom. The molecule has 0 aliphatic carbocycles. The molecule has 2 aromatic carbocycles. The number of likely N-dealkylation sites (N-methyl/N-ethyl adjacent to an activating group) is 1. The molecule has 3 rings (SSSR count). The number of nitrogens with zero attached hydrogens (tertiary/aromatic N) is 1. The normalized spacial score (nSPS) is 10.9. The van der Waals surface area contributed by atoms with E-state index in [9.17, 15) is 0 Å². The van der Waals surface area contributed by atoms with Crippen LogP contribution >= 0.6 is 23.2 Å². The second-order valence-corrected chi connectivity index (χ2v) is 6.87. The summed E-state index contributed by atoms with van der Waals surface area (Å²) in [6, 6.07) is 13.1. The van der Waals surface area contributed by atoms with E-state index < -0.39 is 0 Å². The molecule has 0 amide bonds. The van der Waals surface area contributed by atoms with E-state index in [-0.39, 0.29) is 0 Å². The van der Waals surface area contributed by atoms with Crippen molar-refractivity contribution in [1.29, 1.82) is 0 Å². The zero-order valence-electron chi connectivity index (χ0n) is 15.9. The van der Waals surface area contributed by atoms with Crippen LogP contribution in [0.25, 0.3) is 10.8 Å². The largest absolute Gasteiger partial charge is 0.487 e. The summed E-state index contributed by atoms with van der Waals surface area (Å²) in [5.74, 6) is 1.83. The van der Waals surface area contributed by atoms with Gasteiger partial charge in [0.25, 0.3) is 5.88 Å². The van der Waals surface area contributed by atoms with Crippen LogP contribution in [0.5, 0.6) is 17.4 Å². The lowest BCUT2D eigenvalue weighted by atomic mass is 10.1. The van der Waals surface area contributed by atoms with Gasteiger partial charge in [-0.1, -0.05) is 35.3 Å². The van der Waals surface area contributed by atoms with Gasteiger partial charge in [0, 0.05) is 10.8 Å². The molecule has 0 radical (unpaired) electrons. The summed E-state index contributed by atoms with van der Waals surface area (Å²) >= 11 is 12.4. The molecule has 0 spiro atoms. The van der Waals surface area contributed by atoms with Crippen LogP contribution in [0, 0.1) is 0 Å². The molecule has 0 bridgehead atoms. The molecule has 28 heavy (non-hydrogen) atoms. The van der Waals surface area contributed by atoms with Gasteiger partial charge in [0.15, 0.2) is 5.75 Å². The van der Waals surface area contributed by atoms with Gasteiger partial charge in [0.1, 0.15) is 25.5 Å². The number of fused-ring (bicyclic) bond motifs is 1. The maximum Gasteiger partial charge on any atom is 0.257 e. The lowest BCUT2D eigenvalue weighted by molar-refractivity contribution is -0.627. The van der Waals surface area contributed by atoms with Crippen molar-refractivity contribution in [3.05, 3.63) is 58.2 Å². The second kappa shape index (κ2) is 9.82.